The molecule has 0 radical (unpaired) electrons. The molecule has 5 nitrogen and oxygen atoms in total. The molecule has 1 aromatic carbocycles. The standard InChI is InChI=1S/C17H17FN2O3.C2H6.C2H2/c1-12(21)19-9-3-4-13-5-8-17(20-11-13)23-14-6-7-15(18)16(10-14)22-2;2*1-2/h3-8,10-11H,9H2,1-2H3,(H,19,21);1-2H3;1-2H/b4-3+;;. The monoisotopic (exact) mass is 372 g/mol. The molecule has 1 amide bonds. The van der Waals surface area contributed by atoms with Crippen molar-refractivity contribution in [2.45, 2.75) is 20.8 Å². The maximum absolute atomic E-state index is 13.3. The van der Waals surface area contributed by atoms with Gasteiger partial charge in [0.15, 0.2) is 11.6 Å². The van der Waals surface area contributed by atoms with E-state index in [2.05, 4.69) is 23.1 Å². The van der Waals surface area contributed by atoms with Gasteiger partial charge in [-0.05, 0) is 23.8 Å². The van der Waals surface area contributed by atoms with E-state index in [1.807, 2.05) is 32.1 Å². The maximum atomic E-state index is 13.3. The number of amides is 1. The molecule has 0 spiro atoms. The molecule has 0 aliphatic heterocycles. The van der Waals surface area contributed by atoms with E-state index in [0.717, 1.165) is 5.56 Å². The van der Waals surface area contributed by atoms with Crippen molar-refractivity contribution < 1.29 is 18.7 Å². The molecule has 1 heterocycles. The van der Waals surface area contributed by atoms with Gasteiger partial charge in [0.05, 0.1) is 7.11 Å². The van der Waals surface area contributed by atoms with Crippen LogP contribution in [0.1, 0.15) is 26.3 Å². The highest BCUT2D eigenvalue weighted by Gasteiger charge is 2.05. The summed E-state index contributed by atoms with van der Waals surface area (Å²) < 4.78 is 23.8. The Morgan fingerprint density at radius 1 is 1.26 bits per heavy atom. The Hall–Kier alpha value is -3.33. The zero-order valence-corrected chi connectivity index (χ0v) is 16.0. The Bertz CT molecular complexity index is 741. The van der Waals surface area contributed by atoms with Crippen LogP contribution in [0, 0.1) is 18.7 Å². The van der Waals surface area contributed by atoms with Crippen molar-refractivity contribution in [1.82, 2.24) is 10.3 Å². The summed E-state index contributed by atoms with van der Waals surface area (Å²) in [7, 11) is 1.39. The van der Waals surface area contributed by atoms with Gasteiger partial charge in [-0.15, -0.1) is 12.8 Å². The highest BCUT2D eigenvalue weighted by atomic mass is 19.1. The van der Waals surface area contributed by atoms with E-state index in [1.165, 1.54) is 32.2 Å². The molecule has 27 heavy (non-hydrogen) atoms. The van der Waals surface area contributed by atoms with Crippen molar-refractivity contribution >= 4 is 12.0 Å². The molecule has 0 fully saturated rings. The second-order valence-corrected chi connectivity index (χ2v) is 4.67. The Balaban J connectivity index is 0.00000158. The highest BCUT2D eigenvalue weighted by Crippen LogP contribution is 2.26. The predicted molar refractivity (Wildman–Crippen MR) is 106 cm³/mol. The van der Waals surface area contributed by atoms with Gasteiger partial charge in [0.1, 0.15) is 5.75 Å². The zero-order chi connectivity index (χ0) is 20.7. The lowest BCUT2D eigenvalue weighted by molar-refractivity contribution is -0.118. The SMILES string of the molecule is C#C.CC.COc1cc(Oc2ccc(/C=C/CNC(C)=O)cn2)ccc1F. The molecule has 0 aliphatic carbocycles. The molecule has 0 saturated heterocycles. The minimum Gasteiger partial charge on any atom is -0.494 e. The molecular formula is C21H25FN2O3. The summed E-state index contributed by atoms with van der Waals surface area (Å²) in [6.45, 7) is 5.93. The van der Waals surface area contributed by atoms with E-state index < -0.39 is 5.82 Å². The van der Waals surface area contributed by atoms with Crippen LogP contribution in [-0.2, 0) is 4.79 Å². The smallest absolute Gasteiger partial charge is 0.219 e. The Labute approximate surface area is 160 Å². The fraction of sp³-hybridized carbons (Fsp3) is 0.238. The van der Waals surface area contributed by atoms with Gasteiger partial charge >= 0.3 is 0 Å². The number of terminal acetylenes is 1. The van der Waals surface area contributed by atoms with Crippen LogP contribution in [0.3, 0.4) is 0 Å². The third kappa shape index (κ3) is 9.07. The van der Waals surface area contributed by atoms with Crippen molar-refractivity contribution in [1.29, 1.82) is 0 Å². The normalized spacial score (nSPS) is 9.30. The molecule has 2 aromatic rings. The van der Waals surface area contributed by atoms with E-state index in [-0.39, 0.29) is 11.7 Å². The number of rotatable bonds is 6. The quantitative estimate of drug-likeness (QED) is 0.761. The second kappa shape index (κ2) is 13.9. The first-order valence-electron chi connectivity index (χ1n) is 8.30. The minimum absolute atomic E-state index is 0.0775. The van der Waals surface area contributed by atoms with Gasteiger partial charge < -0.3 is 14.8 Å². The van der Waals surface area contributed by atoms with Gasteiger partial charge in [-0.2, -0.15) is 0 Å². The van der Waals surface area contributed by atoms with Crippen LogP contribution in [0.2, 0.25) is 0 Å². The molecule has 2 rings (SSSR count). The van der Waals surface area contributed by atoms with Crippen LogP contribution in [-0.4, -0.2) is 24.5 Å². The lowest BCUT2D eigenvalue weighted by atomic mass is 10.2. The summed E-state index contributed by atoms with van der Waals surface area (Å²) in [6, 6.07) is 7.76. The van der Waals surface area contributed by atoms with E-state index in [9.17, 15) is 9.18 Å². The van der Waals surface area contributed by atoms with Crippen LogP contribution in [0.5, 0.6) is 17.4 Å². The first-order chi connectivity index (χ1) is 13.1. The van der Waals surface area contributed by atoms with Gasteiger partial charge in [0.25, 0.3) is 0 Å². The maximum Gasteiger partial charge on any atom is 0.219 e. The average Bonchev–Trinajstić information content (AvgIpc) is 2.71. The van der Waals surface area contributed by atoms with Gasteiger partial charge in [0.2, 0.25) is 11.8 Å². The Morgan fingerprint density at radius 2 is 1.96 bits per heavy atom. The van der Waals surface area contributed by atoms with Crippen molar-refractivity contribution in [3.63, 3.8) is 0 Å². The summed E-state index contributed by atoms with van der Waals surface area (Å²) in [6.07, 6.45) is 13.3. The fourth-order valence-electron chi connectivity index (χ4n) is 1.77. The van der Waals surface area contributed by atoms with E-state index in [4.69, 9.17) is 9.47 Å². The van der Waals surface area contributed by atoms with Crippen molar-refractivity contribution in [3.05, 3.63) is 54.0 Å². The van der Waals surface area contributed by atoms with Crippen LogP contribution >= 0.6 is 0 Å². The van der Waals surface area contributed by atoms with Crippen LogP contribution in [0.4, 0.5) is 4.39 Å². The molecule has 0 aliphatic rings. The molecule has 0 atom stereocenters. The number of carbonyl (C=O) groups excluding carboxylic acids is 1. The molecule has 144 valence electrons. The number of pyridine rings is 1. The first kappa shape index (κ1) is 23.7. The number of ether oxygens (including phenoxy) is 2. The van der Waals surface area contributed by atoms with Crippen molar-refractivity contribution in [2.24, 2.45) is 0 Å². The molecule has 1 N–H and O–H groups in total. The summed E-state index contributed by atoms with van der Waals surface area (Å²) in [5.41, 5.74) is 0.874. The third-order valence-electron chi connectivity index (χ3n) is 2.88. The van der Waals surface area contributed by atoms with Crippen LogP contribution in [0.25, 0.3) is 6.08 Å². The third-order valence-corrected chi connectivity index (χ3v) is 2.88. The number of carbonyl (C=O) groups is 1. The molecule has 1 aromatic heterocycles. The average molecular weight is 372 g/mol. The number of benzene rings is 1. The van der Waals surface area contributed by atoms with E-state index >= 15 is 0 Å². The second-order valence-electron chi connectivity index (χ2n) is 4.67. The van der Waals surface area contributed by atoms with E-state index in [1.54, 1.807) is 12.3 Å². The topological polar surface area (TPSA) is 60.5 Å². The fourth-order valence-corrected chi connectivity index (χ4v) is 1.77. The van der Waals surface area contributed by atoms with Gasteiger partial charge in [-0.3, -0.25) is 4.79 Å². The largest absolute Gasteiger partial charge is 0.494 e. The number of hydrogen-bond donors (Lipinski definition) is 1. The highest BCUT2D eigenvalue weighted by molar-refractivity contribution is 5.73. The van der Waals surface area contributed by atoms with Gasteiger partial charge in [0, 0.05) is 31.8 Å². The summed E-state index contributed by atoms with van der Waals surface area (Å²) in [5.74, 6) is 0.404. The number of nitrogens with one attached hydrogen (secondary N) is 1. The van der Waals surface area contributed by atoms with Crippen LogP contribution in [0.15, 0.2) is 42.6 Å². The molecular weight excluding hydrogens is 347 g/mol. The number of nitrogens with zero attached hydrogens (tertiary/aromatic N) is 1. The summed E-state index contributed by atoms with van der Waals surface area (Å²) in [5, 5.41) is 2.66. The summed E-state index contributed by atoms with van der Waals surface area (Å²) >= 11 is 0. The first-order valence-corrected chi connectivity index (χ1v) is 8.30. The number of aromatic nitrogens is 1. The zero-order valence-electron chi connectivity index (χ0n) is 16.0. The Kier molecular flexibility index (Phi) is 12.2. The summed E-state index contributed by atoms with van der Waals surface area (Å²) in [4.78, 5) is 14.9. The van der Waals surface area contributed by atoms with E-state index in [0.29, 0.717) is 18.2 Å². The lowest BCUT2D eigenvalue weighted by Crippen LogP contribution is -2.19. The predicted octanol–water partition coefficient (Wildman–Crippen LogP) is 4.45. The molecule has 0 unspecified atom stereocenters. The van der Waals surface area contributed by atoms with Gasteiger partial charge in [-0.1, -0.05) is 26.0 Å². The molecule has 0 saturated carbocycles. The number of methoxy groups -OCH3 is 1. The molecule has 0 bridgehead atoms. The minimum atomic E-state index is -0.451. The van der Waals surface area contributed by atoms with Gasteiger partial charge in [-0.25, -0.2) is 9.37 Å². The van der Waals surface area contributed by atoms with Crippen molar-refractivity contribution in [3.8, 4) is 30.2 Å². The number of halogens is 1. The molecule has 6 heteroatoms. The number of hydrogen-bond acceptors (Lipinski definition) is 4. The lowest BCUT2D eigenvalue weighted by Gasteiger charge is -2.07. The van der Waals surface area contributed by atoms with Crippen LogP contribution < -0.4 is 14.8 Å². The van der Waals surface area contributed by atoms with Crippen molar-refractivity contribution in [2.75, 3.05) is 13.7 Å². The Morgan fingerprint density at radius 3 is 2.52 bits per heavy atom.